The van der Waals surface area contributed by atoms with Gasteiger partial charge in [0.25, 0.3) is 5.91 Å². The highest BCUT2D eigenvalue weighted by Crippen LogP contribution is 2.31. The van der Waals surface area contributed by atoms with Crippen LogP contribution in [-0.2, 0) is 0 Å². The molecule has 0 N–H and O–H groups in total. The smallest absolute Gasteiger partial charge is 0.311 e. The second-order valence-corrected chi connectivity index (χ2v) is 6.43. The molecule has 0 spiro atoms. The van der Waals surface area contributed by atoms with Gasteiger partial charge in [-0.1, -0.05) is 12.1 Å². The molecule has 6 nitrogen and oxygen atoms in total. The Morgan fingerprint density at radius 3 is 2.46 bits per heavy atom. The fourth-order valence-electron chi connectivity index (χ4n) is 2.81. The molecule has 0 aromatic heterocycles. The number of carbonyl (C=O) groups excluding carboxylic acids is 1. The molecule has 138 valence electrons. The van der Waals surface area contributed by atoms with E-state index in [4.69, 9.17) is 4.74 Å². The highest BCUT2D eigenvalue weighted by atomic mass is 16.6. The number of amides is 1. The van der Waals surface area contributed by atoms with Gasteiger partial charge < -0.3 is 9.64 Å². The highest BCUT2D eigenvalue weighted by Gasteiger charge is 2.25. The Morgan fingerprint density at radius 1 is 1.19 bits per heavy atom. The van der Waals surface area contributed by atoms with Crippen LogP contribution in [0.1, 0.15) is 42.3 Å². The summed E-state index contributed by atoms with van der Waals surface area (Å²) in [6.07, 6.45) is 0. The highest BCUT2D eigenvalue weighted by molar-refractivity contribution is 6.07. The quantitative estimate of drug-likeness (QED) is 0.557. The van der Waals surface area contributed by atoms with Gasteiger partial charge >= 0.3 is 5.69 Å². The van der Waals surface area contributed by atoms with E-state index < -0.39 is 4.92 Å². The van der Waals surface area contributed by atoms with Crippen LogP contribution in [0.25, 0.3) is 0 Å². The molecule has 0 unspecified atom stereocenters. The molecule has 0 radical (unpaired) electrons. The topological polar surface area (TPSA) is 72.7 Å². The van der Waals surface area contributed by atoms with Crippen molar-refractivity contribution in [3.8, 4) is 5.75 Å². The van der Waals surface area contributed by atoms with Crippen LogP contribution in [-0.4, -0.2) is 23.5 Å². The Kier molecular flexibility index (Phi) is 5.97. The van der Waals surface area contributed by atoms with Crippen LogP contribution < -0.4 is 9.64 Å². The molecule has 0 heterocycles. The zero-order chi connectivity index (χ0) is 19.4. The lowest BCUT2D eigenvalue weighted by Gasteiger charge is -2.29. The predicted molar refractivity (Wildman–Crippen MR) is 102 cm³/mol. The molecule has 0 saturated carbocycles. The summed E-state index contributed by atoms with van der Waals surface area (Å²) in [6.45, 7) is 9.82. The van der Waals surface area contributed by atoms with E-state index in [2.05, 4.69) is 0 Å². The standard InChI is InChI=1S/C20H24N2O4/c1-6-26-19-10-9-16(12-18(19)22(24)25)20(23)21(13(2)3)17-11-14(4)7-8-15(17)5/h7-13H,6H2,1-5H3. The second-order valence-electron chi connectivity index (χ2n) is 6.43. The molecule has 2 rings (SSSR count). The molecule has 0 fully saturated rings. The normalized spacial score (nSPS) is 10.7. The first kappa shape index (κ1) is 19.4. The van der Waals surface area contributed by atoms with E-state index in [1.165, 1.54) is 12.1 Å². The molecular formula is C20H24N2O4. The zero-order valence-electron chi connectivity index (χ0n) is 15.8. The Balaban J connectivity index is 2.52. The van der Waals surface area contributed by atoms with Crippen molar-refractivity contribution < 1.29 is 14.5 Å². The molecule has 2 aromatic rings. The van der Waals surface area contributed by atoms with Crippen LogP contribution >= 0.6 is 0 Å². The number of nitro benzene ring substituents is 1. The Hall–Kier alpha value is -2.89. The van der Waals surface area contributed by atoms with Crippen molar-refractivity contribution in [2.24, 2.45) is 0 Å². The lowest BCUT2D eigenvalue weighted by atomic mass is 10.1. The maximum Gasteiger partial charge on any atom is 0.311 e. The Bertz CT molecular complexity index is 831. The molecule has 0 bridgehead atoms. The third kappa shape index (κ3) is 4.02. The number of anilines is 1. The third-order valence-electron chi connectivity index (χ3n) is 4.06. The van der Waals surface area contributed by atoms with Gasteiger partial charge in [0.15, 0.2) is 5.75 Å². The largest absolute Gasteiger partial charge is 0.487 e. The van der Waals surface area contributed by atoms with Gasteiger partial charge in [-0.3, -0.25) is 14.9 Å². The lowest BCUT2D eigenvalue weighted by Crippen LogP contribution is -2.37. The van der Waals surface area contributed by atoms with Crippen molar-refractivity contribution in [3.63, 3.8) is 0 Å². The summed E-state index contributed by atoms with van der Waals surface area (Å²) in [6, 6.07) is 10.1. The van der Waals surface area contributed by atoms with Crippen LogP contribution in [0.5, 0.6) is 5.75 Å². The molecule has 6 heteroatoms. The van der Waals surface area contributed by atoms with Gasteiger partial charge in [0.2, 0.25) is 0 Å². The molecule has 0 aliphatic heterocycles. The molecule has 2 aromatic carbocycles. The molecule has 26 heavy (non-hydrogen) atoms. The van der Waals surface area contributed by atoms with Gasteiger partial charge in [0.05, 0.1) is 11.5 Å². The number of rotatable bonds is 6. The number of hydrogen-bond acceptors (Lipinski definition) is 4. The second kappa shape index (κ2) is 7.99. The fraction of sp³-hybridized carbons (Fsp3) is 0.350. The van der Waals surface area contributed by atoms with Gasteiger partial charge in [0.1, 0.15) is 0 Å². The van der Waals surface area contributed by atoms with Gasteiger partial charge in [-0.2, -0.15) is 0 Å². The van der Waals surface area contributed by atoms with Crippen molar-refractivity contribution in [3.05, 3.63) is 63.2 Å². The number of ether oxygens (including phenoxy) is 1. The van der Waals surface area contributed by atoms with Gasteiger partial charge in [0, 0.05) is 23.4 Å². The average Bonchev–Trinajstić information content (AvgIpc) is 2.58. The van der Waals surface area contributed by atoms with Crippen LogP contribution in [0, 0.1) is 24.0 Å². The number of hydrogen-bond donors (Lipinski definition) is 0. The molecule has 1 amide bonds. The number of nitrogens with zero attached hydrogens (tertiary/aromatic N) is 2. The summed E-state index contributed by atoms with van der Waals surface area (Å²) in [5.74, 6) is -0.114. The van der Waals surface area contributed by atoms with Gasteiger partial charge in [-0.25, -0.2) is 0 Å². The lowest BCUT2D eigenvalue weighted by molar-refractivity contribution is -0.385. The number of carbonyl (C=O) groups is 1. The molecular weight excluding hydrogens is 332 g/mol. The first-order valence-corrected chi connectivity index (χ1v) is 8.58. The van der Waals surface area contributed by atoms with Crippen LogP contribution in [0.15, 0.2) is 36.4 Å². The molecule has 0 aliphatic carbocycles. The third-order valence-corrected chi connectivity index (χ3v) is 4.06. The van der Waals surface area contributed by atoms with E-state index in [-0.39, 0.29) is 28.9 Å². The van der Waals surface area contributed by atoms with Crippen molar-refractivity contribution in [1.82, 2.24) is 0 Å². The van der Waals surface area contributed by atoms with E-state index in [0.29, 0.717) is 6.61 Å². The van der Waals surface area contributed by atoms with Crippen molar-refractivity contribution in [2.75, 3.05) is 11.5 Å². The first-order chi connectivity index (χ1) is 12.3. The maximum atomic E-state index is 13.2. The van der Waals surface area contributed by atoms with Crippen LogP contribution in [0.4, 0.5) is 11.4 Å². The Labute approximate surface area is 153 Å². The predicted octanol–water partition coefficient (Wildman–Crippen LogP) is 4.67. The fourth-order valence-corrected chi connectivity index (χ4v) is 2.81. The molecule has 0 aliphatic rings. The summed E-state index contributed by atoms with van der Waals surface area (Å²) in [7, 11) is 0. The van der Waals surface area contributed by atoms with E-state index >= 15 is 0 Å². The van der Waals surface area contributed by atoms with Crippen molar-refractivity contribution >= 4 is 17.3 Å². The number of benzene rings is 2. The van der Waals surface area contributed by atoms with E-state index in [9.17, 15) is 14.9 Å². The van der Waals surface area contributed by atoms with Crippen LogP contribution in [0.3, 0.4) is 0 Å². The summed E-state index contributed by atoms with van der Waals surface area (Å²) >= 11 is 0. The summed E-state index contributed by atoms with van der Waals surface area (Å²) in [5, 5.41) is 11.3. The number of aryl methyl sites for hydroxylation is 2. The minimum absolute atomic E-state index is 0.103. The molecule has 0 atom stereocenters. The minimum atomic E-state index is -0.528. The van der Waals surface area contributed by atoms with Gasteiger partial charge in [-0.15, -0.1) is 0 Å². The SMILES string of the molecule is CCOc1ccc(C(=O)N(c2cc(C)ccc2C)C(C)C)cc1[N+](=O)[O-]. The van der Waals surface area contributed by atoms with E-state index in [1.54, 1.807) is 17.9 Å². The van der Waals surface area contributed by atoms with Crippen molar-refractivity contribution in [1.29, 1.82) is 0 Å². The van der Waals surface area contributed by atoms with Gasteiger partial charge in [-0.05, 0) is 63.9 Å². The summed E-state index contributed by atoms with van der Waals surface area (Å²) in [4.78, 5) is 25.6. The molecule has 0 saturated heterocycles. The van der Waals surface area contributed by atoms with Crippen molar-refractivity contribution in [2.45, 2.75) is 40.7 Å². The first-order valence-electron chi connectivity index (χ1n) is 8.58. The summed E-state index contributed by atoms with van der Waals surface area (Å²) in [5.41, 5.74) is 2.87. The minimum Gasteiger partial charge on any atom is -0.487 e. The number of nitro groups is 1. The average molecular weight is 356 g/mol. The monoisotopic (exact) mass is 356 g/mol. The van der Waals surface area contributed by atoms with E-state index in [1.807, 2.05) is 45.9 Å². The maximum absolute atomic E-state index is 13.2. The summed E-state index contributed by atoms with van der Waals surface area (Å²) < 4.78 is 5.29. The zero-order valence-corrected chi connectivity index (χ0v) is 15.8. The van der Waals surface area contributed by atoms with E-state index in [0.717, 1.165) is 16.8 Å². The Morgan fingerprint density at radius 2 is 1.88 bits per heavy atom. The van der Waals surface area contributed by atoms with Crippen LogP contribution in [0.2, 0.25) is 0 Å².